The molecule has 3 aromatic rings. The molecule has 0 amide bonds. The Bertz CT molecular complexity index is 1190. The first-order valence-electron chi connectivity index (χ1n) is 8.85. The van der Waals surface area contributed by atoms with Crippen molar-refractivity contribution in [2.75, 3.05) is 6.26 Å². The summed E-state index contributed by atoms with van der Waals surface area (Å²) in [7, 11) is -3.62. The lowest BCUT2D eigenvalue weighted by molar-refractivity contribution is -0.137. The van der Waals surface area contributed by atoms with Gasteiger partial charge in [0.05, 0.1) is 22.9 Å². The molecular formula is C20H17ClF4N2O3S. The normalized spacial score (nSPS) is 13.4. The van der Waals surface area contributed by atoms with Crippen LogP contribution < -0.4 is 0 Å². The predicted molar refractivity (Wildman–Crippen MR) is 106 cm³/mol. The zero-order valence-electron chi connectivity index (χ0n) is 16.3. The topological polar surface area (TPSA) is 72.0 Å². The van der Waals surface area contributed by atoms with Crippen LogP contribution in [0.4, 0.5) is 17.6 Å². The first kappa shape index (κ1) is 23.2. The van der Waals surface area contributed by atoms with Gasteiger partial charge in [-0.25, -0.2) is 17.8 Å². The van der Waals surface area contributed by atoms with Crippen LogP contribution in [-0.4, -0.2) is 24.6 Å². The van der Waals surface area contributed by atoms with Crippen molar-refractivity contribution in [3.63, 3.8) is 0 Å². The number of ether oxygens (including phenoxy) is 1. The van der Waals surface area contributed by atoms with E-state index in [9.17, 15) is 26.0 Å². The summed E-state index contributed by atoms with van der Waals surface area (Å²) >= 11 is 5.87. The molecule has 0 bridgehead atoms. The molecule has 0 fully saturated rings. The van der Waals surface area contributed by atoms with Crippen LogP contribution in [0.5, 0.6) is 0 Å². The standard InChI is InChI=1S/C20H17ClF4N2O3S/c1-11-19(31(2,28)29)27-18(26-11)17(13-5-8-16(22)15(21)9-13)30-10-12-3-6-14(7-4-12)20(23,24)25/h3-9,17H,10H2,1-2H3,(H,26,27)/t17-/m1/s1. The number of alkyl halides is 3. The first-order valence-corrected chi connectivity index (χ1v) is 11.1. The van der Waals surface area contributed by atoms with Crippen LogP contribution in [-0.2, 0) is 27.4 Å². The monoisotopic (exact) mass is 476 g/mol. The van der Waals surface area contributed by atoms with Gasteiger partial charge in [0.1, 0.15) is 17.7 Å². The Morgan fingerprint density at radius 1 is 1.16 bits per heavy atom. The molecule has 5 nitrogen and oxygen atoms in total. The molecule has 2 aromatic carbocycles. The maximum Gasteiger partial charge on any atom is 0.416 e. The zero-order chi connectivity index (χ0) is 23.0. The smallest absolute Gasteiger partial charge is 0.361 e. The molecule has 1 atom stereocenters. The Balaban J connectivity index is 1.94. The Morgan fingerprint density at radius 3 is 2.32 bits per heavy atom. The van der Waals surface area contributed by atoms with E-state index in [1.807, 2.05) is 0 Å². The SMILES string of the molecule is Cc1[nH]c([C@H](OCc2ccc(C(F)(F)F)cc2)c2ccc(F)c(Cl)c2)nc1S(C)(=O)=O. The molecule has 11 heteroatoms. The van der Waals surface area contributed by atoms with Gasteiger partial charge in [-0.2, -0.15) is 13.2 Å². The van der Waals surface area contributed by atoms with Crippen molar-refractivity contribution < 1.29 is 30.7 Å². The molecule has 1 heterocycles. The van der Waals surface area contributed by atoms with Gasteiger partial charge >= 0.3 is 6.18 Å². The molecular weight excluding hydrogens is 460 g/mol. The van der Waals surface area contributed by atoms with E-state index >= 15 is 0 Å². The molecule has 0 saturated heterocycles. The van der Waals surface area contributed by atoms with Crippen molar-refractivity contribution in [3.05, 3.63) is 81.5 Å². The molecule has 166 valence electrons. The molecule has 0 radical (unpaired) electrons. The Kier molecular flexibility index (Phi) is 6.45. The lowest BCUT2D eigenvalue weighted by Gasteiger charge is -2.17. The van der Waals surface area contributed by atoms with Gasteiger partial charge < -0.3 is 9.72 Å². The number of nitrogens with zero attached hydrogens (tertiary/aromatic N) is 1. The minimum atomic E-state index is -4.46. The number of sulfone groups is 1. The van der Waals surface area contributed by atoms with Crippen LogP contribution in [0.3, 0.4) is 0 Å². The van der Waals surface area contributed by atoms with E-state index in [1.165, 1.54) is 31.2 Å². The number of imidazole rings is 1. The molecule has 3 rings (SSSR count). The lowest BCUT2D eigenvalue weighted by Crippen LogP contribution is -2.10. The van der Waals surface area contributed by atoms with Crippen molar-refractivity contribution in [1.82, 2.24) is 9.97 Å². The summed E-state index contributed by atoms with van der Waals surface area (Å²) in [6, 6.07) is 8.24. The van der Waals surface area contributed by atoms with Crippen LogP contribution in [0.1, 0.15) is 34.3 Å². The average molecular weight is 477 g/mol. The molecule has 0 aliphatic heterocycles. The number of H-pyrrole nitrogens is 1. The zero-order valence-corrected chi connectivity index (χ0v) is 17.9. The quantitative estimate of drug-likeness (QED) is 0.494. The largest absolute Gasteiger partial charge is 0.416 e. The van der Waals surface area contributed by atoms with Crippen molar-refractivity contribution in [2.24, 2.45) is 0 Å². The van der Waals surface area contributed by atoms with Gasteiger partial charge in [0, 0.05) is 6.26 Å². The van der Waals surface area contributed by atoms with Crippen molar-refractivity contribution in [2.45, 2.75) is 30.8 Å². The van der Waals surface area contributed by atoms with Gasteiger partial charge in [0.25, 0.3) is 0 Å². The summed E-state index contributed by atoms with van der Waals surface area (Å²) in [5.74, 6) is -0.521. The van der Waals surface area contributed by atoms with E-state index in [1.54, 1.807) is 0 Å². The van der Waals surface area contributed by atoms with E-state index in [4.69, 9.17) is 16.3 Å². The second-order valence-corrected chi connectivity index (χ2v) is 9.22. The fraction of sp³-hybridized carbons (Fsp3) is 0.250. The minimum absolute atomic E-state index is 0.119. The summed E-state index contributed by atoms with van der Waals surface area (Å²) in [4.78, 5) is 6.96. The molecule has 0 unspecified atom stereocenters. The Labute approximate surface area is 181 Å². The van der Waals surface area contributed by atoms with E-state index in [0.717, 1.165) is 24.5 Å². The van der Waals surface area contributed by atoms with Crippen molar-refractivity contribution in [3.8, 4) is 0 Å². The number of hydrogen-bond acceptors (Lipinski definition) is 4. The van der Waals surface area contributed by atoms with E-state index in [0.29, 0.717) is 11.1 Å². The van der Waals surface area contributed by atoms with Gasteiger partial charge in [0.2, 0.25) is 0 Å². The molecule has 0 spiro atoms. The van der Waals surface area contributed by atoms with Crippen LogP contribution in [0.25, 0.3) is 0 Å². The van der Waals surface area contributed by atoms with Gasteiger partial charge in [0.15, 0.2) is 14.9 Å². The summed E-state index contributed by atoms with van der Waals surface area (Å²) in [5.41, 5.74) is 0.316. The van der Waals surface area contributed by atoms with E-state index in [-0.39, 0.29) is 28.2 Å². The summed E-state index contributed by atoms with van der Waals surface area (Å²) in [6.45, 7) is 1.41. The molecule has 0 aliphatic rings. The Hall–Kier alpha value is -2.43. The maximum absolute atomic E-state index is 13.6. The number of rotatable bonds is 6. The Morgan fingerprint density at radius 2 is 1.81 bits per heavy atom. The minimum Gasteiger partial charge on any atom is -0.361 e. The number of aromatic nitrogens is 2. The third kappa shape index (κ3) is 5.44. The number of aryl methyl sites for hydroxylation is 1. The third-order valence-corrected chi connectivity index (χ3v) is 5.79. The second-order valence-electron chi connectivity index (χ2n) is 6.88. The fourth-order valence-corrected chi connectivity index (χ4v) is 3.99. The van der Waals surface area contributed by atoms with Crippen LogP contribution in [0.15, 0.2) is 47.5 Å². The highest BCUT2D eigenvalue weighted by atomic mass is 35.5. The van der Waals surface area contributed by atoms with Gasteiger partial charge in [-0.1, -0.05) is 29.8 Å². The van der Waals surface area contributed by atoms with Gasteiger partial charge in [-0.15, -0.1) is 0 Å². The fourth-order valence-electron chi connectivity index (χ4n) is 2.93. The highest BCUT2D eigenvalue weighted by molar-refractivity contribution is 7.90. The van der Waals surface area contributed by atoms with Crippen molar-refractivity contribution in [1.29, 1.82) is 0 Å². The van der Waals surface area contributed by atoms with Gasteiger partial charge in [-0.05, 0) is 42.3 Å². The highest BCUT2D eigenvalue weighted by Crippen LogP contribution is 2.31. The number of benzene rings is 2. The molecule has 0 aliphatic carbocycles. The average Bonchev–Trinajstić information content (AvgIpc) is 3.06. The maximum atomic E-state index is 13.6. The number of hydrogen-bond donors (Lipinski definition) is 1. The first-order chi connectivity index (χ1) is 14.4. The molecule has 31 heavy (non-hydrogen) atoms. The summed E-state index contributed by atoms with van der Waals surface area (Å²) in [5, 5.41) is -0.342. The molecule has 1 aromatic heterocycles. The summed E-state index contributed by atoms with van der Waals surface area (Å²) < 4.78 is 81.6. The lowest BCUT2D eigenvalue weighted by atomic mass is 10.1. The van der Waals surface area contributed by atoms with Crippen LogP contribution >= 0.6 is 11.6 Å². The predicted octanol–water partition coefficient (Wildman–Crippen LogP) is 5.24. The van der Waals surface area contributed by atoms with Crippen LogP contribution in [0, 0.1) is 12.7 Å². The number of nitrogens with one attached hydrogen (secondary N) is 1. The second kappa shape index (κ2) is 8.60. The number of halogens is 5. The molecule has 1 N–H and O–H groups in total. The van der Waals surface area contributed by atoms with E-state index < -0.39 is 33.5 Å². The number of aromatic amines is 1. The van der Waals surface area contributed by atoms with Crippen molar-refractivity contribution >= 4 is 21.4 Å². The van der Waals surface area contributed by atoms with Gasteiger partial charge in [-0.3, -0.25) is 0 Å². The highest BCUT2D eigenvalue weighted by Gasteiger charge is 2.30. The molecule has 0 saturated carbocycles. The van der Waals surface area contributed by atoms with E-state index in [2.05, 4.69) is 9.97 Å². The summed E-state index contributed by atoms with van der Waals surface area (Å²) in [6.07, 6.45) is -4.43. The van der Waals surface area contributed by atoms with Crippen LogP contribution in [0.2, 0.25) is 5.02 Å². The third-order valence-electron chi connectivity index (χ3n) is 4.40.